The van der Waals surface area contributed by atoms with Crippen molar-refractivity contribution in [3.8, 4) is 0 Å². The van der Waals surface area contributed by atoms with E-state index >= 15 is 0 Å². The van der Waals surface area contributed by atoms with Crippen LogP contribution in [0.4, 0.5) is 0 Å². The molecule has 0 heterocycles. The zero-order valence-corrected chi connectivity index (χ0v) is 22.2. The van der Waals surface area contributed by atoms with Gasteiger partial charge in [0, 0.05) is 5.41 Å². The highest BCUT2D eigenvalue weighted by atomic mass is 16.4. The molecule has 4 saturated carbocycles. The van der Waals surface area contributed by atoms with Crippen LogP contribution in [0.25, 0.3) is 0 Å². The van der Waals surface area contributed by atoms with E-state index in [9.17, 15) is 19.8 Å². The molecular formula is C30H46O4. The molecule has 4 heteroatoms. The van der Waals surface area contributed by atoms with E-state index in [1.165, 1.54) is 11.9 Å². The van der Waals surface area contributed by atoms with Gasteiger partial charge in [-0.05, 0) is 111 Å². The van der Waals surface area contributed by atoms with E-state index in [-0.39, 0.29) is 45.0 Å². The first kappa shape index (κ1) is 24.5. The Kier molecular flexibility index (Phi) is 5.20. The van der Waals surface area contributed by atoms with Gasteiger partial charge in [-0.1, -0.05) is 46.3 Å². The Bertz CT molecular complexity index is 936. The van der Waals surface area contributed by atoms with Gasteiger partial charge in [-0.2, -0.15) is 0 Å². The number of rotatable bonds is 2. The van der Waals surface area contributed by atoms with E-state index in [4.69, 9.17) is 0 Å². The van der Waals surface area contributed by atoms with Gasteiger partial charge in [-0.25, -0.2) is 0 Å². The van der Waals surface area contributed by atoms with Crippen LogP contribution in [-0.4, -0.2) is 28.6 Å². The van der Waals surface area contributed by atoms with Crippen molar-refractivity contribution in [2.75, 3.05) is 0 Å². The SMILES string of the molecule is CC1(C)[C@@H](O)CC[C@]2(C=O)[C@H]3CC=C4[C@@H]5C[C@@](C)(C(=O)O)CC[C@]5(C)CC[C@@]4(C)[C@]3(C)CC[C@@H]12. The van der Waals surface area contributed by atoms with Crippen molar-refractivity contribution in [2.24, 2.45) is 50.2 Å². The second kappa shape index (κ2) is 7.20. The predicted molar refractivity (Wildman–Crippen MR) is 133 cm³/mol. The molecule has 0 aliphatic heterocycles. The van der Waals surface area contributed by atoms with E-state index < -0.39 is 11.4 Å². The summed E-state index contributed by atoms with van der Waals surface area (Å²) < 4.78 is 0. The highest BCUT2D eigenvalue weighted by Crippen LogP contribution is 2.75. The summed E-state index contributed by atoms with van der Waals surface area (Å²) in [5.41, 5.74) is 0.448. The number of fused-ring (bicyclic) bond motifs is 7. The van der Waals surface area contributed by atoms with Crippen LogP contribution in [0, 0.1) is 50.2 Å². The van der Waals surface area contributed by atoms with Crippen LogP contribution in [0.5, 0.6) is 0 Å². The molecule has 5 aliphatic rings. The molecule has 0 unspecified atom stereocenters. The van der Waals surface area contributed by atoms with Crippen molar-refractivity contribution in [3.05, 3.63) is 11.6 Å². The minimum Gasteiger partial charge on any atom is -0.481 e. The molecule has 5 aliphatic carbocycles. The maximum absolute atomic E-state index is 13.0. The van der Waals surface area contributed by atoms with Crippen molar-refractivity contribution in [1.82, 2.24) is 0 Å². The molecule has 0 aromatic rings. The number of carboxylic acids is 1. The van der Waals surface area contributed by atoms with Gasteiger partial charge in [0.25, 0.3) is 0 Å². The third kappa shape index (κ3) is 2.81. The minimum absolute atomic E-state index is 0.00195. The molecule has 9 atom stereocenters. The Hall–Kier alpha value is -1.16. The number of carbonyl (C=O) groups is 2. The second-order valence-corrected chi connectivity index (χ2v) is 14.7. The number of aldehydes is 1. The van der Waals surface area contributed by atoms with Crippen LogP contribution < -0.4 is 0 Å². The van der Waals surface area contributed by atoms with Gasteiger partial charge in [0.1, 0.15) is 6.29 Å². The molecule has 0 aromatic carbocycles. The fourth-order valence-corrected chi connectivity index (χ4v) is 10.3. The van der Waals surface area contributed by atoms with Crippen molar-refractivity contribution >= 4 is 12.3 Å². The maximum Gasteiger partial charge on any atom is 0.309 e. The van der Waals surface area contributed by atoms with Crippen LogP contribution in [0.15, 0.2) is 11.6 Å². The lowest BCUT2D eigenvalue weighted by atomic mass is 9.33. The predicted octanol–water partition coefficient (Wildman–Crippen LogP) is 6.41. The largest absolute Gasteiger partial charge is 0.481 e. The van der Waals surface area contributed by atoms with Gasteiger partial charge < -0.3 is 15.0 Å². The number of carboxylic acid groups (broad SMARTS) is 1. The highest BCUT2D eigenvalue weighted by Gasteiger charge is 2.69. The van der Waals surface area contributed by atoms with Crippen LogP contribution in [-0.2, 0) is 9.59 Å². The number of aliphatic hydroxyl groups excluding tert-OH is 1. The maximum atomic E-state index is 13.0. The zero-order chi connectivity index (χ0) is 24.9. The molecule has 4 nitrogen and oxygen atoms in total. The van der Waals surface area contributed by atoms with Crippen molar-refractivity contribution in [1.29, 1.82) is 0 Å². The normalized spacial score (nSPS) is 53.9. The van der Waals surface area contributed by atoms with E-state index in [2.05, 4.69) is 40.7 Å². The van der Waals surface area contributed by atoms with E-state index in [1.807, 2.05) is 6.92 Å². The number of hydrogen-bond acceptors (Lipinski definition) is 3. The van der Waals surface area contributed by atoms with Gasteiger partial charge in [-0.3, -0.25) is 4.79 Å². The number of hydrogen-bond donors (Lipinski definition) is 2. The summed E-state index contributed by atoms with van der Waals surface area (Å²) in [4.78, 5) is 25.3. The third-order valence-electron chi connectivity index (χ3n) is 13.1. The Balaban J connectivity index is 1.60. The molecule has 0 spiro atoms. The van der Waals surface area contributed by atoms with Gasteiger partial charge >= 0.3 is 5.97 Å². The van der Waals surface area contributed by atoms with Crippen molar-refractivity contribution < 1.29 is 19.8 Å². The number of allylic oxidation sites excluding steroid dienone is 2. The second-order valence-electron chi connectivity index (χ2n) is 14.7. The number of aliphatic hydroxyl groups is 1. The highest BCUT2D eigenvalue weighted by molar-refractivity contribution is 5.74. The summed E-state index contributed by atoms with van der Waals surface area (Å²) in [6.45, 7) is 13.6. The number of carbonyl (C=O) groups excluding carboxylic acids is 1. The van der Waals surface area contributed by atoms with E-state index in [1.54, 1.807) is 0 Å². The summed E-state index contributed by atoms with van der Waals surface area (Å²) >= 11 is 0. The van der Waals surface area contributed by atoms with Gasteiger partial charge in [0.2, 0.25) is 0 Å². The van der Waals surface area contributed by atoms with Gasteiger partial charge in [-0.15, -0.1) is 0 Å². The van der Waals surface area contributed by atoms with Crippen LogP contribution in [0.2, 0.25) is 0 Å². The van der Waals surface area contributed by atoms with E-state index in [0.29, 0.717) is 12.3 Å². The lowest BCUT2D eigenvalue weighted by Gasteiger charge is -2.70. The summed E-state index contributed by atoms with van der Waals surface area (Å²) in [6.07, 6.45) is 12.7. The lowest BCUT2D eigenvalue weighted by molar-refractivity contribution is -0.202. The Morgan fingerprint density at radius 1 is 0.941 bits per heavy atom. The minimum atomic E-state index is -0.647. The lowest BCUT2D eigenvalue weighted by Crippen LogP contribution is -2.65. The fourth-order valence-electron chi connectivity index (χ4n) is 10.3. The average molecular weight is 471 g/mol. The fraction of sp³-hybridized carbons (Fsp3) is 0.867. The molecule has 0 amide bonds. The standard InChI is InChI=1S/C30H46O4/c1-25(2)21-9-11-29(6)22(30(21,18-31)12-10-23(25)32)8-7-19-20-17-27(4,24(33)34)14-13-26(20,3)15-16-28(19,29)5/h7,18,20-23,32H,8-17H2,1-6H3,(H,33,34)/t20-,21-,22-,23-,26+,27-,28+,29+,30+/m0/s1. The first-order valence-corrected chi connectivity index (χ1v) is 13.8. The molecule has 0 saturated heterocycles. The smallest absolute Gasteiger partial charge is 0.309 e. The molecule has 5 rings (SSSR count). The summed E-state index contributed by atoms with van der Waals surface area (Å²) in [5.74, 6) is 0.173. The van der Waals surface area contributed by atoms with Gasteiger partial charge in [0.05, 0.1) is 11.5 Å². The molecule has 190 valence electrons. The monoisotopic (exact) mass is 470 g/mol. The quantitative estimate of drug-likeness (QED) is 0.361. The zero-order valence-electron chi connectivity index (χ0n) is 22.2. The molecular weight excluding hydrogens is 424 g/mol. The van der Waals surface area contributed by atoms with Crippen LogP contribution in [0.1, 0.15) is 106 Å². The molecule has 0 radical (unpaired) electrons. The van der Waals surface area contributed by atoms with E-state index in [0.717, 1.165) is 57.8 Å². The van der Waals surface area contributed by atoms with Crippen molar-refractivity contribution in [2.45, 2.75) is 112 Å². The Morgan fingerprint density at radius 2 is 1.62 bits per heavy atom. The topological polar surface area (TPSA) is 74.6 Å². The van der Waals surface area contributed by atoms with Crippen LogP contribution in [0.3, 0.4) is 0 Å². The number of aliphatic carboxylic acids is 1. The Labute approximate surface area is 206 Å². The molecule has 4 fully saturated rings. The first-order chi connectivity index (χ1) is 15.7. The third-order valence-corrected chi connectivity index (χ3v) is 13.1. The Morgan fingerprint density at radius 3 is 2.26 bits per heavy atom. The molecule has 0 bridgehead atoms. The molecule has 34 heavy (non-hydrogen) atoms. The summed E-state index contributed by atoms with van der Waals surface area (Å²) in [5, 5.41) is 20.9. The average Bonchev–Trinajstić information content (AvgIpc) is 2.77. The van der Waals surface area contributed by atoms with Crippen molar-refractivity contribution in [3.63, 3.8) is 0 Å². The summed E-state index contributed by atoms with van der Waals surface area (Å²) in [7, 11) is 0. The first-order valence-electron chi connectivity index (χ1n) is 13.8. The molecule has 0 aromatic heterocycles. The summed E-state index contributed by atoms with van der Waals surface area (Å²) in [6, 6.07) is 0. The van der Waals surface area contributed by atoms with Crippen LogP contribution >= 0.6 is 0 Å². The molecule has 2 N–H and O–H groups in total. The van der Waals surface area contributed by atoms with Gasteiger partial charge in [0.15, 0.2) is 0 Å².